The number of benzene rings is 1. The summed E-state index contributed by atoms with van der Waals surface area (Å²) in [5.41, 5.74) is 0.649. The van der Waals surface area contributed by atoms with Crippen LogP contribution in [0.15, 0.2) is 24.3 Å². The van der Waals surface area contributed by atoms with Crippen LogP contribution in [0.3, 0.4) is 0 Å². The molecule has 1 aromatic rings. The van der Waals surface area contributed by atoms with Gasteiger partial charge in [-0.25, -0.2) is 12.8 Å². The van der Waals surface area contributed by atoms with Crippen LogP contribution < -0.4 is 5.32 Å². The molecule has 1 unspecified atom stereocenters. The van der Waals surface area contributed by atoms with Gasteiger partial charge in [0.2, 0.25) is 5.91 Å². The predicted molar refractivity (Wildman–Crippen MR) is 82.3 cm³/mol. The van der Waals surface area contributed by atoms with Crippen LogP contribution in [0.1, 0.15) is 12.0 Å². The van der Waals surface area contributed by atoms with Gasteiger partial charge >= 0.3 is 0 Å². The van der Waals surface area contributed by atoms with Crippen LogP contribution >= 0.6 is 11.8 Å². The van der Waals surface area contributed by atoms with Crippen LogP contribution in [0.4, 0.5) is 4.39 Å². The molecule has 1 aliphatic rings. The fourth-order valence-electron chi connectivity index (χ4n) is 2.19. The molecule has 116 valence electrons. The van der Waals surface area contributed by atoms with Gasteiger partial charge in [0.1, 0.15) is 5.82 Å². The van der Waals surface area contributed by atoms with Gasteiger partial charge in [0.05, 0.1) is 17.4 Å². The van der Waals surface area contributed by atoms with Crippen LogP contribution in [0.2, 0.25) is 0 Å². The van der Waals surface area contributed by atoms with Crippen molar-refractivity contribution in [2.75, 3.05) is 23.8 Å². The molecule has 0 aliphatic carbocycles. The zero-order valence-corrected chi connectivity index (χ0v) is 13.2. The highest BCUT2D eigenvalue weighted by molar-refractivity contribution is 7.98. The third-order valence-corrected chi connectivity index (χ3v) is 6.14. The zero-order chi connectivity index (χ0) is 15.3. The van der Waals surface area contributed by atoms with Crippen molar-refractivity contribution in [1.29, 1.82) is 0 Å². The number of sulfone groups is 1. The van der Waals surface area contributed by atoms with Gasteiger partial charge in [0.25, 0.3) is 0 Å². The van der Waals surface area contributed by atoms with Gasteiger partial charge < -0.3 is 5.32 Å². The Balaban J connectivity index is 1.64. The van der Waals surface area contributed by atoms with Crippen molar-refractivity contribution in [2.45, 2.75) is 12.2 Å². The van der Waals surface area contributed by atoms with Crippen LogP contribution in [-0.4, -0.2) is 38.1 Å². The summed E-state index contributed by atoms with van der Waals surface area (Å²) in [5, 5.41) is 2.75. The minimum Gasteiger partial charge on any atom is -0.355 e. The Morgan fingerprint density at radius 2 is 2.14 bits per heavy atom. The summed E-state index contributed by atoms with van der Waals surface area (Å²) in [6.07, 6.45) is 0.413. The lowest BCUT2D eigenvalue weighted by atomic mass is 10.1. The summed E-state index contributed by atoms with van der Waals surface area (Å²) in [6, 6.07) is 6.61. The molecule has 1 amide bonds. The minimum atomic E-state index is -3.02. The van der Waals surface area contributed by atoms with Crippen molar-refractivity contribution in [2.24, 2.45) is 5.92 Å². The molecule has 1 heterocycles. The third kappa shape index (κ3) is 5.00. The SMILES string of the molecule is O=C(NCCSCc1ccccc1F)C1CCS(=O)(=O)C1. The summed E-state index contributed by atoms with van der Waals surface area (Å²) >= 11 is 1.53. The second kappa shape index (κ2) is 7.26. The first-order valence-electron chi connectivity index (χ1n) is 6.77. The minimum absolute atomic E-state index is 0.0405. The monoisotopic (exact) mass is 331 g/mol. The highest BCUT2D eigenvalue weighted by atomic mass is 32.2. The summed E-state index contributed by atoms with van der Waals surface area (Å²) < 4.78 is 35.9. The molecule has 1 aliphatic heterocycles. The van der Waals surface area contributed by atoms with Crippen molar-refractivity contribution < 1.29 is 17.6 Å². The van der Waals surface area contributed by atoms with E-state index in [1.165, 1.54) is 17.8 Å². The first-order valence-corrected chi connectivity index (χ1v) is 9.75. The first-order chi connectivity index (χ1) is 9.98. The van der Waals surface area contributed by atoms with Crippen molar-refractivity contribution in [3.05, 3.63) is 35.6 Å². The van der Waals surface area contributed by atoms with Gasteiger partial charge in [0, 0.05) is 18.1 Å². The van der Waals surface area contributed by atoms with Gasteiger partial charge in [-0.3, -0.25) is 4.79 Å². The summed E-state index contributed by atoms with van der Waals surface area (Å²) in [4.78, 5) is 11.8. The number of thioether (sulfide) groups is 1. The number of carbonyl (C=O) groups is 1. The Bertz CT molecular complexity index is 604. The number of rotatable bonds is 6. The van der Waals surface area contributed by atoms with Gasteiger partial charge in [-0.05, 0) is 18.1 Å². The second-order valence-corrected chi connectivity index (χ2v) is 8.37. The molecule has 1 atom stereocenters. The van der Waals surface area contributed by atoms with Gasteiger partial charge in [0.15, 0.2) is 9.84 Å². The maximum Gasteiger partial charge on any atom is 0.224 e. The van der Waals surface area contributed by atoms with E-state index in [1.54, 1.807) is 18.2 Å². The molecule has 1 fully saturated rings. The molecule has 1 N–H and O–H groups in total. The van der Waals surface area contributed by atoms with Crippen LogP contribution in [0.25, 0.3) is 0 Å². The van der Waals surface area contributed by atoms with Crippen LogP contribution in [-0.2, 0) is 20.4 Å². The normalized spacial score (nSPS) is 20.3. The van der Waals surface area contributed by atoms with E-state index in [9.17, 15) is 17.6 Å². The van der Waals surface area contributed by atoms with Crippen LogP contribution in [0.5, 0.6) is 0 Å². The predicted octanol–water partition coefficient (Wildman–Crippen LogP) is 1.61. The Morgan fingerprint density at radius 1 is 1.38 bits per heavy atom. The van der Waals surface area contributed by atoms with E-state index in [-0.39, 0.29) is 23.2 Å². The molecular weight excluding hydrogens is 313 g/mol. The lowest BCUT2D eigenvalue weighted by molar-refractivity contribution is -0.124. The average Bonchev–Trinajstić information content (AvgIpc) is 2.80. The maximum absolute atomic E-state index is 13.4. The molecule has 21 heavy (non-hydrogen) atoms. The number of halogens is 1. The molecule has 0 aromatic heterocycles. The zero-order valence-electron chi connectivity index (χ0n) is 11.5. The van der Waals surface area contributed by atoms with Gasteiger partial charge in [-0.15, -0.1) is 0 Å². The largest absolute Gasteiger partial charge is 0.355 e. The van der Waals surface area contributed by atoms with Crippen LogP contribution in [0, 0.1) is 11.7 Å². The number of amides is 1. The Labute approximate surface area is 128 Å². The fraction of sp³-hybridized carbons (Fsp3) is 0.500. The smallest absolute Gasteiger partial charge is 0.224 e. The van der Waals surface area contributed by atoms with E-state index in [0.717, 1.165) is 0 Å². The third-order valence-electron chi connectivity index (χ3n) is 3.36. The van der Waals surface area contributed by atoms with E-state index in [2.05, 4.69) is 5.32 Å². The molecule has 1 aromatic carbocycles. The van der Waals surface area contributed by atoms with Crippen molar-refractivity contribution in [3.8, 4) is 0 Å². The topological polar surface area (TPSA) is 63.2 Å². The second-order valence-electron chi connectivity index (χ2n) is 5.03. The maximum atomic E-state index is 13.4. The lowest BCUT2D eigenvalue weighted by Gasteiger charge is -2.09. The Morgan fingerprint density at radius 3 is 2.81 bits per heavy atom. The lowest BCUT2D eigenvalue weighted by Crippen LogP contribution is -2.32. The van der Waals surface area contributed by atoms with Gasteiger partial charge in [-0.1, -0.05) is 18.2 Å². The van der Waals surface area contributed by atoms with Gasteiger partial charge in [-0.2, -0.15) is 11.8 Å². The number of hydrogen-bond donors (Lipinski definition) is 1. The number of nitrogens with one attached hydrogen (secondary N) is 1. The molecule has 4 nitrogen and oxygen atoms in total. The molecule has 0 radical (unpaired) electrons. The molecule has 2 rings (SSSR count). The van der Waals surface area contributed by atoms with E-state index < -0.39 is 15.8 Å². The molecule has 0 bridgehead atoms. The Hall–Kier alpha value is -1.08. The fourth-order valence-corrected chi connectivity index (χ4v) is 4.78. The highest BCUT2D eigenvalue weighted by Gasteiger charge is 2.32. The summed E-state index contributed by atoms with van der Waals surface area (Å²) in [6.45, 7) is 0.467. The Kier molecular flexibility index (Phi) is 5.64. The summed E-state index contributed by atoms with van der Waals surface area (Å²) in [7, 11) is -3.02. The van der Waals surface area contributed by atoms with E-state index in [1.807, 2.05) is 0 Å². The summed E-state index contributed by atoms with van der Waals surface area (Å²) in [5.74, 6) is 0.466. The highest BCUT2D eigenvalue weighted by Crippen LogP contribution is 2.18. The quantitative estimate of drug-likeness (QED) is 0.805. The van der Waals surface area contributed by atoms with E-state index in [4.69, 9.17) is 0 Å². The molecular formula is C14H18FNO3S2. The van der Waals surface area contributed by atoms with Crippen molar-refractivity contribution >= 4 is 27.5 Å². The van der Waals surface area contributed by atoms with Crippen molar-refractivity contribution in [1.82, 2.24) is 5.32 Å². The number of carbonyl (C=O) groups excluding carboxylic acids is 1. The molecule has 0 spiro atoms. The van der Waals surface area contributed by atoms with Crippen molar-refractivity contribution in [3.63, 3.8) is 0 Å². The average molecular weight is 331 g/mol. The van der Waals surface area contributed by atoms with E-state index >= 15 is 0 Å². The number of hydrogen-bond acceptors (Lipinski definition) is 4. The standard InChI is InChI=1S/C14H18FNO3S2/c15-13-4-2-1-3-11(13)9-20-7-6-16-14(17)12-5-8-21(18,19)10-12/h1-4,12H,5-10H2,(H,16,17). The first kappa shape index (κ1) is 16.3. The van der Waals surface area contributed by atoms with E-state index in [0.29, 0.717) is 30.0 Å². The molecule has 0 saturated carbocycles. The molecule has 7 heteroatoms. The molecule has 1 saturated heterocycles.